The Balaban J connectivity index is 1.40. The molecule has 0 aliphatic carbocycles. The lowest BCUT2D eigenvalue weighted by Crippen LogP contribution is -2.46. The number of ether oxygens (including phenoxy) is 1. The molecule has 0 bridgehead atoms. The molecule has 0 saturated carbocycles. The first-order valence-corrected chi connectivity index (χ1v) is 8.09. The first-order valence-electron chi connectivity index (χ1n) is 8.09. The molecule has 0 aliphatic heterocycles. The van der Waals surface area contributed by atoms with Crippen LogP contribution in [0.5, 0.6) is 0 Å². The van der Waals surface area contributed by atoms with Gasteiger partial charge in [-0.25, -0.2) is 9.78 Å². The number of nitrogens with one attached hydrogen (secondary N) is 4. The fourth-order valence-electron chi connectivity index (χ4n) is 2.31. The number of benzene rings is 1. The number of H-pyrrole nitrogens is 1. The van der Waals surface area contributed by atoms with Crippen LogP contribution in [0, 0.1) is 0 Å². The van der Waals surface area contributed by atoms with Gasteiger partial charge in [-0.05, 0) is 17.7 Å². The van der Waals surface area contributed by atoms with Crippen LogP contribution in [-0.4, -0.2) is 34.4 Å². The summed E-state index contributed by atoms with van der Waals surface area (Å²) in [6, 6.07) is 12.6. The highest BCUT2D eigenvalue weighted by molar-refractivity contribution is 6.06. The molecule has 0 saturated heterocycles. The summed E-state index contributed by atoms with van der Waals surface area (Å²) >= 11 is 0. The summed E-state index contributed by atoms with van der Waals surface area (Å²) in [5.41, 5.74) is 6.24. The normalized spacial score (nSPS) is 10.2. The van der Waals surface area contributed by atoms with Crippen molar-refractivity contribution < 1.29 is 19.1 Å². The molecule has 0 radical (unpaired) electrons. The zero-order valence-corrected chi connectivity index (χ0v) is 14.2. The van der Waals surface area contributed by atoms with E-state index in [-0.39, 0.29) is 13.2 Å². The smallest absolute Gasteiger partial charge is 0.407 e. The Bertz CT molecular complexity index is 955. The molecule has 27 heavy (non-hydrogen) atoms. The van der Waals surface area contributed by atoms with Crippen molar-refractivity contribution in [2.45, 2.75) is 6.61 Å². The lowest BCUT2D eigenvalue weighted by Gasteiger charge is -2.09. The van der Waals surface area contributed by atoms with Crippen LogP contribution in [0.15, 0.2) is 54.9 Å². The number of carbonyl (C=O) groups is 3. The van der Waals surface area contributed by atoms with E-state index in [4.69, 9.17) is 4.74 Å². The lowest BCUT2D eigenvalue weighted by atomic mass is 10.2. The molecule has 9 heteroatoms. The van der Waals surface area contributed by atoms with Crippen LogP contribution < -0.4 is 16.2 Å². The van der Waals surface area contributed by atoms with Crippen molar-refractivity contribution in [1.29, 1.82) is 0 Å². The molecule has 2 aromatic heterocycles. The summed E-state index contributed by atoms with van der Waals surface area (Å²) in [6.45, 7) is -0.247. The van der Waals surface area contributed by atoms with Crippen LogP contribution in [0.25, 0.3) is 11.0 Å². The number of hydrogen-bond acceptors (Lipinski definition) is 5. The quantitative estimate of drug-likeness (QED) is 0.505. The maximum Gasteiger partial charge on any atom is 0.407 e. The van der Waals surface area contributed by atoms with E-state index < -0.39 is 17.9 Å². The average Bonchev–Trinajstić information content (AvgIpc) is 3.14. The van der Waals surface area contributed by atoms with E-state index in [0.29, 0.717) is 16.6 Å². The number of fused-ring (bicyclic) bond motifs is 1. The van der Waals surface area contributed by atoms with Gasteiger partial charge in [-0.2, -0.15) is 0 Å². The molecule has 0 aliphatic rings. The number of aromatic nitrogens is 2. The lowest BCUT2D eigenvalue weighted by molar-refractivity contribution is -0.120. The van der Waals surface area contributed by atoms with Gasteiger partial charge < -0.3 is 15.0 Å². The molecule has 3 aromatic rings. The average molecular weight is 367 g/mol. The number of nitrogens with zero attached hydrogens (tertiary/aromatic N) is 1. The molecule has 3 rings (SSSR count). The van der Waals surface area contributed by atoms with Crippen LogP contribution in [0.2, 0.25) is 0 Å². The van der Waals surface area contributed by atoms with E-state index in [9.17, 15) is 14.4 Å². The summed E-state index contributed by atoms with van der Waals surface area (Å²) in [5, 5.41) is 2.93. The summed E-state index contributed by atoms with van der Waals surface area (Å²) in [7, 11) is 0. The third kappa shape index (κ3) is 4.82. The summed E-state index contributed by atoms with van der Waals surface area (Å²) < 4.78 is 4.98. The number of alkyl carbamates (subject to hydrolysis) is 1. The van der Waals surface area contributed by atoms with Crippen molar-refractivity contribution in [2.24, 2.45) is 0 Å². The Kier molecular flexibility index (Phi) is 5.63. The topological polar surface area (TPSA) is 125 Å². The number of amides is 3. The monoisotopic (exact) mass is 367 g/mol. The van der Waals surface area contributed by atoms with Gasteiger partial charge in [0.15, 0.2) is 0 Å². The zero-order valence-electron chi connectivity index (χ0n) is 14.2. The van der Waals surface area contributed by atoms with E-state index in [1.54, 1.807) is 18.3 Å². The van der Waals surface area contributed by atoms with Crippen LogP contribution in [0.4, 0.5) is 4.79 Å². The summed E-state index contributed by atoms with van der Waals surface area (Å²) in [4.78, 5) is 42.4. The van der Waals surface area contributed by atoms with Crippen molar-refractivity contribution in [1.82, 2.24) is 26.1 Å². The standard InChI is InChI=1S/C18H17N5O4/c24-15(10-21-18(26)27-11-12-5-2-1-3-6-12)22-23-17(25)14-9-20-16-13(14)7-4-8-19-16/h1-9H,10-11H2,(H,19,20)(H,21,26)(H,22,24)(H,23,25). The predicted octanol–water partition coefficient (Wildman–Crippen LogP) is 1.25. The highest BCUT2D eigenvalue weighted by atomic mass is 16.5. The maximum absolute atomic E-state index is 12.1. The van der Waals surface area contributed by atoms with E-state index in [2.05, 4.69) is 26.1 Å². The van der Waals surface area contributed by atoms with E-state index in [0.717, 1.165) is 5.56 Å². The highest BCUT2D eigenvalue weighted by Gasteiger charge is 2.13. The summed E-state index contributed by atoms with van der Waals surface area (Å²) in [5.74, 6) is -1.10. The molecule has 138 valence electrons. The zero-order chi connectivity index (χ0) is 19.1. The number of hydrogen-bond donors (Lipinski definition) is 4. The predicted molar refractivity (Wildman–Crippen MR) is 96.3 cm³/mol. The second-order valence-corrected chi connectivity index (χ2v) is 5.52. The van der Waals surface area contributed by atoms with Crippen molar-refractivity contribution in [3.8, 4) is 0 Å². The van der Waals surface area contributed by atoms with E-state index in [1.807, 2.05) is 30.3 Å². The second-order valence-electron chi connectivity index (χ2n) is 5.52. The highest BCUT2D eigenvalue weighted by Crippen LogP contribution is 2.14. The van der Waals surface area contributed by atoms with E-state index >= 15 is 0 Å². The van der Waals surface area contributed by atoms with Gasteiger partial charge in [0.05, 0.1) is 5.56 Å². The van der Waals surface area contributed by atoms with E-state index in [1.165, 1.54) is 6.20 Å². The van der Waals surface area contributed by atoms with Crippen LogP contribution in [0.1, 0.15) is 15.9 Å². The SMILES string of the molecule is O=C(CNC(=O)OCc1ccccc1)NNC(=O)c1c[nH]c2ncccc12. The van der Waals surface area contributed by atoms with Gasteiger partial charge in [0.25, 0.3) is 11.8 Å². The van der Waals surface area contributed by atoms with Crippen molar-refractivity contribution >= 4 is 28.9 Å². The van der Waals surface area contributed by atoms with Crippen LogP contribution in [0.3, 0.4) is 0 Å². The van der Waals surface area contributed by atoms with Crippen LogP contribution in [-0.2, 0) is 16.1 Å². The number of rotatable bonds is 5. The molecule has 2 heterocycles. The van der Waals surface area contributed by atoms with Gasteiger partial charge in [-0.1, -0.05) is 30.3 Å². The summed E-state index contributed by atoms with van der Waals surface area (Å²) in [6.07, 6.45) is 2.37. The molecule has 0 atom stereocenters. The van der Waals surface area contributed by atoms with Gasteiger partial charge in [0.2, 0.25) is 0 Å². The Hall–Kier alpha value is -3.88. The first kappa shape index (κ1) is 17.9. The number of aromatic amines is 1. The van der Waals surface area contributed by atoms with Gasteiger partial charge in [-0.3, -0.25) is 20.4 Å². The molecule has 1 aromatic carbocycles. The number of carbonyl (C=O) groups excluding carboxylic acids is 3. The Morgan fingerprint density at radius 3 is 2.67 bits per heavy atom. The Labute approximate surface area is 154 Å². The number of pyridine rings is 1. The molecule has 3 amide bonds. The maximum atomic E-state index is 12.1. The molecule has 0 fully saturated rings. The molecular formula is C18H17N5O4. The van der Waals surface area contributed by atoms with Gasteiger partial charge in [0, 0.05) is 17.8 Å². The third-order valence-electron chi connectivity index (χ3n) is 3.62. The molecular weight excluding hydrogens is 350 g/mol. The van der Waals surface area contributed by atoms with Gasteiger partial charge in [0.1, 0.15) is 18.8 Å². The minimum Gasteiger partial charge on any atom is -0.445 e. The minimum atomic E-state index is -0.733. The van der Waals surface area contributed by atoms with Gasteiger partial charge in [-0.15, -0.1) is 0 Å². The largest absolute Gasteiger partial charge is 0.445 e. The van der Waals surface area contributed by atoms with Gasteiger partial charge >= 0.3 is 6.09 Å². The molecule has 0 spiro atoms. The Morgan fingerprint density at radius 2 is 1.85 bits per heavy atom. The first-order chi connectivity index (χ1) is 13.1. The molecule has 4 N–H and O–H groups in total. The van der Waals surface area contributed by atoms with Crippen LogP contribution >= 0.6 is 0 Å². The fourth-order valence-corrected chi connectivity index (χ4v) is 2.31. The van der Waals surface area contributed by atoms with Crippen molar-refractivity contribution in [3.05, 3.63) is 66.0 Å². The van der Waals surface area contributed by atoms with Crippen molar-refractivity contribution in [2.75, 3.05) is 6.54 Å². The second kappa shape index (κ2) is 8.48. The number of hydrazine groups is 1. The Morgan fingerprint density at radius 1 is 1.04 bits per heavy atom. The molecule has 0 unspecified atom stereocenters. The fraction of sp³-hybridized carbons (Fsp3) is 0.111. The molecule has 9 nitrogen and oxygen atoms in total. The minimum absolute atomic E-state index is 0.0969. The third-order valence-corrected chi connectivity index (χ3v) is 3.62. The van der Waals surface area contributed by atoms with Crippen molar-refractivity contribution in [3.63, 3.8) is 0 Å².